The van der Waals surface area contributed by atoms with Crippen molar-refractivity contribution in [1.82, 2.24) is 0 Å². The zero-order valence-electron chi connectivity index (χ0n) is 14.1. The van der Waals surface area contributed by atoms with Crippen molar-refractivity contribution in [1.29, 1.82) is 0 Å². The molecule has 25 heavy (non-hydrogen) atoms. The Hall–Kier alpha value is -1.92. The fourth-order valence-corrected chi connectivity index (χ4v) is 3.41. The smallest absolute Gasteiger partial charge is 0.312 e. The van der Waals surface area contributed by atoms with Crippen molar-refractivity contribution in [3.8, 4) is 0 Å². The van der Waals surface area contributed by atoms with E-state index in [1.807, 2.05) is 6.92 Å². The first-order valence-corrected chi connectivity index (χ1v) is 7.94. The lowest BCUT2D eigenvalue weighted by atomic mass is 9.72. The molecule has 0 radical (unpaired) electrons. The number of ether oxygens (including phenoxy) is 1. The number of carbonyl (C=O) groups is 1. The van der Waals surface area contributed by atoms with E-state index in [9.17, 15) is 26.7 Å². The second-order valence-corrected chi connectivity index (χ2v) is 6.49. The summed E-state index contributed by atoms with van der Waals surface area (Å²) in [5.74, 6) is -11.6. The molecule has 0 heterocycles. The van der Waals surface area contributed by atoms with E-state index in [2.05, 4.69) is 0 Å². The van der Waals surface area contributed by atoms with Crippen molar-refractivity contribution >= 4 is 5.97 Å². The normalized spacial score (nSPS) is 21.7. The van der Waals surface area contributed by atoms with Gasteiger partial charge in [-0.15, -0.1) is 0 Å². The van der Waals surface area contributed by atoms with Crippen LogP contribution in [0.5, 0.6) is 0 Å². The highest BCUT2D eigenvalue weighted by Gasteiger charge is 2.35. The van der Waals surface area contributed by atoms with Crippen molar-refractivity contribution in [2.75, 3.05) is 7.11 Å². The quantitative estimate of drug-likeness (QED) is 0.255. The van der Waals surface area contributed by atoms with Gasteiger partial charge in [0.25, 0.3) is 0 Å². The van der Waals surface area contributed by atoms with Crippen LogP contribution in [0.3, 0.4) is 0 Å². The van der Waals surface area contributed by atoms with Gasteiger partial charge in [0.15, 0.2) is 23.3 Å². The average Bonchev–Trinajstić information content (AvgIpc) is 2.60. The Bertz CT molecular complexity index is 685. The van der Waals surface area contributed by atoms with E-state index in [4.69, 9.17) is 4.74 Å². The summed E-state index contributed by atoms with van der Waals surface area (Å²) < 4.78 is 72.4. The first-order valence-electron chi connectivity index (χ1n) is 7.94. The third kappa shape index (κ3) is 3.70. The van der Waals surface area contributed by atoms with Gasteiger partial charge in [0.05, 0.1) is 13.0 Å². The highest BCUT2D eigenvalue weighted by molar-refractivity contribution is 5.75. The first-order chi connectivity index (χ1) is 11.7. The molecule has 0 amide bonds. The predicted octanol–water partition coefficient (Wildman–Crippen LogP) is 4.71. The summed E-state index contributed by atoms with van der Waals surface area (Å²) in [6.07, 6.45) is 2.64. The fraction of sp³-hybridized carbons (Fsp3) is 0.500. The first kappa shape index (κ1) is 19.4. The maximum absolute atomic E-state index is 13.9. The molecule has 0 N–H and O–H groups in total. The van der Waals surface area contributed by atoms with Gasteiger partial charge in [-0.3, -0.25) is 4.79 Å². The van der Waals surface area contributed by atoms with Crippen LogP contribution in [0.4, 0.5) is 22.0 Å². The monoisotopic (exact) mass is 362 g/mol. The largest absolute Gasteiger partial charge is 0.469 e. The summed E-state index contributed by atoms with van der Waals surface area (Å²) >= 11 is 0. The summed E-state index contributed by atoms with van der Waals surface area (Å²) in [6.45, 7) is 3.49. The minimum Gasteiger partial charge on any atom is -0.469 e. The van der Waals surface area contributed by atoms with Crippen LogP contribution >= 0.6 is 0 Å². The SMILES string of the molecule is COC(=O)[C@H]1C=C(C)CC[C@@H]1C(C)Cc1c(F)c(F)c(F)c(F)c1F. The molecule has 0 aliphatic heterocycles. The van der Waals surface area contributed by atoms with Crippen LogP contribution in [-0.4, -0.2) is 13.1 Å². The Balaban J connectivity index is 2.33. The lowest BCUT2D eigenvalue weighted by molar-refractivity contribution is -0.146. The fourth-order valence-electron chi connectivity index (χ4n) is 3.41. The van der Waals surface area contributed by atoms with Gasteiger partial charge in [-0.05, 0) is 38.0 Å². The Morgan fingerprint density at radius 2 is 1.64 bits per heavy atom. The number of rotatable bonds is 4. The number of carbonyl (C=O) groups excluding carboxylic acids is 1. The van der Waals surface area contributed by atoms with E-state index in [0.29, 0.717) is 12.8 Å². The summed E-state index contributed by atoms with van der Waals surface area (Å²) in [4.78, 5) is 12.0. The highest BCUT2D eigenvalue weighted by Crippen LogP contribution is 2.37. The van der Waals surface area contributed by atoms with E-state index in [-0.39, 0.29) is 12.3 Å². The van der Waals surface area contributed by atoms with Gasteiger partial charge < -0.3 is 4.74 Å². The van der Waals surface area contributed by atoms with Crippen molar-refractivity contribution in [3.63, 3.8) is 0 Å². The molecule has 1 unspecified atom stereocenters. The molecule has 2 rings (SSSR count). The van der Waals surface area contributed by atoms with Crippen LogP contribution in [-0.2, 0) is 16.0 Å². The van der Waals surface area contributed by atoms with Crippen molar-refractivity contribution in [2.45, 2.75) is 33.1 Å². The molecule has 0 saturated heterocycles. The molecule has 1 aliphatic rings. The Morgan fingerprint density at radius 1 is 1.12 bits per heavy atom. The Kier molecular flexibility index (Phi) is 5.85. The topological polar surface area (TPSA) is 26.3 Å². The van der Waals surface area contributed by atoms with Crippen LogP contribution in [0.15, 0.2) is 11.6 Å². The molecule has 2 nitrogen and oxygen atoms in total. The molecule has 0 saturated carbocycles. The van der Waals surface area contributed by atoms with Crippen molar-refractivity contribution in [2.24, 2.45) is 17.8 Å². The van der Waals surface area contributed by atoms with Crippen LogP contribution < -0.4 is 0 Å². The minimum absolute atomic E-state index is 0.314. The highest BCUT2D eigenvalue weighted by atomic mass is 19.2. The van der Waals surface area contributed by atoms with Gasteiger partial charge in [-0.2, -0.15) is 0 Å². The lowest BCUT2D eigenvalue weighted by Crippen LogP contribution is -2.32. The zero-order chi connectivity index (χ0) is 18.9. The van der Waals surface area contributed by atoms with Crippen molar-refractivity contribution in [3.05, 3.63) is 46.3 Å². The molecule has 7 heteroatoms. The standard InChI is InChI=1S/C18H19F5O2/c1-8-4-5-10(11(6-8)18(24)25-3)9(2)7-12-13(19)15(21)17(23)16(22)14(12)20/h6,9-11H,4-5,7H2,1-3H3/t9?,10-,11+/m1/s1. The van der Waals surface area contributed by atoms with Crippen LogP contribution in [0, 0.1) is 46.8 Å². The second kappa shape index (κ2) is 7.54. The molecule has 0 bridgehead atoms. The van der Waals surface area contributed by atoms with E-state index < -0.39 is 52.5 Å². The molecular weight excluding hydrogens is 343 g/mol. The van der Waals surface area contributed by atoms with Gasteiger partial charge in [0.2, 0.25) is 5.82 Å². The van der Waals surface area contributed by atoms with Gasteiger partial charge >= 0.3 is 5.97 Å². The molecule has 0 fully saturated rings. The van der Waals surface area contributed by atoms with Crippen LogP contribution in [0.1, 0.15) is 32.3 Å². The molecule has 3 atom stereocenters. The minimum atomic E-state index is -2.17. The molecule has 138 valence electrons. The summed E-state index contributed by atoms with van der Waals surface area (Å²) in [5, 5.41) is 0. The number of hydrogen-bond acceptors (Lipinski definition) is 2. The number of benzene rings is 1. The number of methoxy groups -OCH3 is 1. The second-order valence-electron chi connectivity index (χ2n) is 6.49. The Labute approximate surface area is 142 Å². The number of halogens is 5. The summed E-state index contributed by atoms with van der Waals surface area (Å²) in [6, 6.07) is 0. The van der Waals surface area contributed by atoms with Gasteiger partial charge in [0.1, 0.15) is 0 Å². The van der Waals surface area contributed by atoms with E-state index in [1.165, 1.54) is 7.11 Å². The zero-order valence-corrected chi connectivity index (χ0v) is 14.1. The van der Waals surface area contributed by atoms with Gasteiger partial charge in [-0.25, -0.2) is 22.0 Å². The van der Waals surface area contributed by atoms with Gasteiger partial charge in [-0.1, -0.05) is 18.6 Å². The summed E-state index contributed by atoms with van der Waals surface area (Å²) in [7, 11) is 1.24. The molecule has 1 aromatic rings. The third-order valence-electron chi connectivity index (χ3n) is 4.83. The molecule has 0 aromatic heterocycles. The van der Waals surface area contributed by atoms with E-state index in [1.54, 1.807) is 13.0 Å². The average molecular weight is 362 g/mol. The number of hydrogen-bond donors (Lipinski definition) is 0. The molecular formula is C18H19F5O2. The van der Waals surface area contributed by atoms with E-state index >= 15 is 0 Å². The molecule has 1 aromatic carbocycles. The van der Waals surface area contributed by atoms with Crippen molar-refractivity contribution < 1.29 is 31.5 Å². The van der Waals surface area contributed by atoms with E-state index in [0.717, 1.165) is 5.57 Å². The maximum atomic E-state index is 13.9. The maximum Gasteiger partial charge on any atom is 0.312 e. The molecule has 1 aliphatic carbocycles. The number of esters is 1. The van der Waals surface area contributed by atoms with Gasteiger partial charge in [0, 0.05) is 5.56 Å². The van der Waals surface area contributed by atoms with Crippen LogP contribution in [0.25, 0.3) is 0 Å². The lowest BCUT2D eigenvalue weighted by Gasteiger charge is -2.32. The number of allylic oxidation sites excluding steroid dienone is 1. The van der Waals surface area contributed by atoms with Crippen LogP contribution in [0.2, 0.25) is 0 Å². The summed E-state index contributed by atoms with van der Waals surface area (Å²) in [5.41, 5.74) is 0.147. The Morgan fingerprint density at radius 3 is 2.16 bits per heavy atom. The predicted molar refractivity (Wildman–Crippen MR) is 81.1 cm³/mol. The third-order valence-corrected chi connectivity index (χ3v) is 4.83. The molecule has 0 spiro atoms.